The first-order valence-electron chi connectivity index (χ1n) is 7.82. The molecule has 0 amide bonds. The number of hydrogen-bond donors (Lipinski definition) is 0. The van der Waals surface area contributed by atoms with E-state index in [-0.39, 0.29) is 39.6 Å². The second kappa shape index (κ2) is 13.2. The van der Waals surface area contributed by atoms with Gasteiger partial charge in [-0.1, -0.05) is 25.3 Å². The minimum absolute atomic E-state index is 0.0630. The first-order valence-corrected chi connectivity index (χ1v) is 7.82. The van der Waals surface area contributed by atoms with Crippen LogP contribution in [0.5, 0.6) is 11.5 Å². The molecule has 0 N–H and O–H groups in total. The quantitative estimate of drug-likeness (QED) is 0.317. The van der Waals surface area contributed by atoms with Crippen LogP contribution in [0.1, 0.15) is 0 Å². The fourth-order valence-corrected chi connectivity index (χ4v) is 1.54. The van der Waals surface area contributed by atoms with Crippen LogP contribution in [0.2, 0.25) is 0 Å². The Morgan fingerprint density at radius 3 is 1.42 bits per heavy atom. The summed E-state index contributed by atoms with van der Waals surface area (Å²) in [5.74, 6) is 1.18. The standard InChI is InChI=1S/C18H22O8/c1-3-9-23-17(19)25-13-11-21-15-5-7-16(8-6-15)22-12-14-26-18(20)24-10-4-2/h3-8H,1-2,9-14H2. The van der Waals surface area contributed by atoms with Gasteiger partial charge in [-0.2, -0.15) is 0 Å². The van der Waals surface area contributed by atoms with Crippen molar-refractivity contribution in [2.45, 2.75) is 0 Å². The van der Waals surface area contributed by atoms with Gasteiger partial charge in [0.25, 0.3) is 0 Å². The minimum atomic E-state index is -0.771. The summed E-state index contributed by atoms with van der Waals surface area (Å²) in [7, 11) is 0. The lowest BCUT2D eigenvalue weighted by Gasteiger charge is -2.09. The van der Waals surface area contributed by atoms with Crippen LogP contribution in [0, 0.1) is 0 Å². The van der Waals surface area contributed by atoms with Crippen molar-refractivity contribution in [2.75, 3.05) is 39.6 Å². The van der Waals surface area contributed by atoms with Gasteiger partial charge in [-0.25, -0.2) is 9.59 Å². The van der Waals surface area contributed by atoms with Gasteiger partial charge in [0.2, 0.25) is 0 Å². The molecule has 26 heavy (non-hydrogen) atoms. The Balaban J connectivity index is 2.15. The maximum atomic E-state index is 11.1. The van der Waals surface area contributed by atoms with Gasteiger partial charge in [-0.05, 0) is 24.3 Å². The highest BCUT2D eigenvalue weighted by atomic mass is 16.7. The van der Waals surface area contributed by atoms with Crippen molar-refractivity contribution >= 4 is 12.3 Å². The topological polar surface area (TPSA) is 89.5 Å². The summed E-state index contributed by atoms with van der Waals surface area (Å²) < 4.78 is 29.7. The van der Waals surface area contributed by atoms with Gasteiger partial charge < -0.3 is 28.4 Å². The Morgan fingerprint density at radius 2 is 1.08 bits per heavy atom. The molecule has 1 rings (SSSR count). The number of ether oxygens (including phenoxy) is 6. The van der Waals surface area contributed by atoms with Crippen LogP contribution in [0.3, 0.4) is 0 Å². The zero-order valence-corrected chi connectivity index (χ0v) is 14.4. The Labute approximate surface area is 151 Å². The Morgan fingerprint density at radius 1 is 0.692 bits per heavy atom. The molecule has 0 fully saturated rings. The summed E-state index contributed by atoms with van der Waals surface area (Å²) in [5, 5.41) is 0. The zero-order chi connectivity index (χ0) is 19.0. The number of carbonyl (C=O) groups is 2. The molecule has 1 aromatic carbocycles. The van der Waals surface area contributed by atoms with Crippen molar-refractivity contribution < 1.29 is 38.0 Å². The van der Waals surface area contributed by atoms with Gasteiger partial charge in [0.15, 0.2) is 0 Å². The lowest BCUT2D eigenvalue weighted by atomic mass is 10.3. The fraction of sp³-hybridized carbons (Fsp3) is 0.333. The van der Waals surface area contributed by atoms with Crippen molar-refractivity contribution in [1.82, 2.24) is 0 Å². The molecule has 0 unspecified atom stereocenters. The summed E-state index contributed by atoms with van der Waals surface area (Å²) in [4.78, 5) is 22.1. The van der Waals surface area contributed by atoms with E-state index in [9.17, 15) is 9.59 Å². The molecule has 8 nitrogen and oxygen atoms in total. The van der Waals surface area contributed by atoms with Gasteiger partial charge >= 0.3 is 12.3 Å². The lowest BCUT2D eigenvalue weighted by molar-refractivity contribution is 0.0522. The summed E-state index contributed by atoms with van der Waals surface area (Å²) in [5.41, 5.74) is 0. The van der Waals surface area contributed by atoms with E-state index < -0.39 is 12.3 Å². The summed E-state index contributed by atoms with van der Waals surface area (Å²) in [6.45, 7) is 7.53. The second-order valence-corrected chi connectivity index (χ2v) is 4.56. The highest BCUT2D eigenvalue weighted by molar-refractivity contribution is 5.60. The van der Waals surface area contributed by atoms with Crippen molar-refractivity contribution in [1.29, 1.82) is 0 Å². The van der Waals surface area contributed by atoms with Crippen molar-refractivity contribution in [2.24, 2.45) is 0 Å². The molecular weight excluding hydrogens is 344 g/mol. The molecule has 0 aliphatic carbocycles. The summed E-state index contributed by atoms with van der Waals surface area (Å²) >= 11 is 0. The van der Waals surface area contributed by atoms with Crippen molar-refractivity contribution in [3.63, 3.8) is 0 Å². The van der Waals surface area contributed by atoms with Gasteiger partial charge in [-0.3, -0.25) is 0 Å². The summed E-state index contributed by atoms with van der Waals surface area (Å²) in [6, 6.07) is 6.80. The Bertz CT molecular complexity index is 516. The van der Waals surface area contributed by atoms with Crippen LogP contribution < -0.4 is 9.47 Å². The van der Waals surface area contributed by atoms with Crippen LogP contribution >= 0.6 is 0 Å². The molecule has 1 aromatic rings. The van der Waals surface area contributed by atoms with E-state index in [2.05, 4.69) is 22.6 Å². The van der Waals surface area contributed by atoms with Crippen LogP contribution in [-0.2, 0) is 18.9 Å². The van der Waals surface area contributed by atoms with Gasteiger partial charge in [0, 0.05) is 0 Å². The van der Waals surface area contributed by atoms with Crippen molar-refractivity contribution in [3.8, 4) is 11.5 Å². The molecular formula is C18H22O8. The number of benzene rings is 1. The molecule has 0 spiro atoms. The van der Waals surface area contributed by atoms with Crippen LogP contribution in [0.25, 0.3) is 0 Å². The SMILES string of the molecule is C=CCOC(=O)OCCOc1ccc(OCCOC(=O)OCC=C)cc1. The average molecular weight is 366 g/mol. The monoisotopic (exact) mass is 366 g/mol. The molecule has 0 aliphatic rings. The first-order chi connectivity index (χ1) is 12.7. The second-order valence-electron chi connectivity index (χ2n) is 4.56. The van der Waals surface area contributed by atoms with E-state index in [0.29, 0.717) is 11.5 Å². The third kappa shape index (κ3) is 9.86. The molecule has 0 heterocycles. The van der Waals surface area contributed by atoms with Crippen LogP contribution in [0.15, 0.2) is 49.6 Å². The highest BCUT2D eigenvalue weighted by Crippen LogP contribution is 2.17. The van der Waals surface area contributed by atoms with E-state index in [0.717, 1.165) is 0 Å². The molecule has 142 valence electrons. The average Bonchev–Trinajstić information content (AvgIpc) is 2.66. The minimum Gasteiger partial charge on any atom is -0.490 e. The zero-order valence-electron chi connectivity index (χ0n) is 14.4. The fourth-order valence-electron chi connectivity index (χ4n) is 1.54. The number of rotatable bonds is 12. The van der Waals surface area contributed by atoms with Crippen molar-refractivity contribution in [3.05, 3.63) is 49.6 Å². The molecule has 8 heteroatoms. The molecule has 0 saturated carbocycles. The number of hydrogen-bond acceptors (Lipinski definition) is 8. The van der Waals surface area contributed by atoms with E-state index in [1.807, 2.05) is 0 Å². The predicted molar refractivity (Wildman–Crippen MR) is 92.4 cm³/mol. The van der Waals surface area contributed by atoms with E-state index in [1.165, 1.54) is 12.2 Å². The van der Waals surface area contributed by atoms with Gasteiger partial charge in [0.05, 0.1) is 0 Å². The van der Waals surface area contributed by atoms with Gasteiger partial charge in [-0.15, -0.1) is 0 Å². The molecule has 0 radical (unpaired) electrons. The molecule has 0 aromatic heterocycles. The van der Waals surface area contributed by atoms with Crippen LogP contribution in [0.4, 0.5) is 9.59 Å². The maximum Gasteiger partial charge on any atom is 0.508 e. The normalized spacial score (nSPS) is 9.54. The third-order valence-corrected chi connectivity index (χ3v) is 2.61. The third-order valence-electron chi connectivity index (χ3n) is 2.61. The molecule has 0 aliphatic heterocycles. The number of carbonyl (C=O) groups excluding carboxylic acids is 2. The van der Waals surface area contributed by atoms with E-state index in [4.69, 9.17) is 18.9 Å². The Hall–Kier alpha value is -3.16. The molecule has 0 saturated heterocycles. The maximum absolute atomic E-state index is 11.1. The molecule has 0 bridgehead atoms. The summed E-state index contributed by atoms with van der Waals surface area (Å²) in [6.07, 6.45) is 1.35. The largest absolute Gasteiger partial charge is 0.508 e. The predicted octanol–water partition coefficient (Wildman–Crippen LogP) is 3.12. The van der Waals surface area contributed by atoms with E-state index in [1.54, 1.807) is 24.3 Å². The van der Waals surface area contributed by atoms with Gasteiger partial charge in [0.1, 0.15) is 51.1 Å². The van der Waals surface area contributed by atoms with E-state index >= 15 is 0 Å². The van der Waals surface area contributed by atoms with Crippen LogP contribution in [-0.4, -0.2) is 52.0 Å². The molecule has 0 atom stereocenters. The smallest absolute Gasteiger partial charge is 0.490 e. The highest BCUT2D eigenvalue weighted by Gasteiger charge is 2.04. The Kier molecular flexibility index (Phi) is 10.6. The first kappa shape index (κ1) is 20.9. The lowest BCUT2D eigenvalue weighted by Crippen LogP contribution is -2.14.